The van der Waals surface area contributed by atoms with Crippen molar-refractivity contribution in [3.8, 4) is 5.69 Å². The van der Waals surface area contributed by atoms with Gasteiger partial charge in [0.15, 0.2) is 0 Å². The summed E-state index contributed by atoms with van der Waals surface area (Å²) in [5.74, 6) is 0. The van der Waals surface area contributed by atoms with Crippen LogP contribution in [0, 0.1) is 6.92 Å². The van der Waals surface area contributed by atoms with Crippen LogP contribution in [0.3, 0.4) is 0 Å². The van der Waals surface area contributed by atoms with Gasteiger partial charge in [0, 0.05) is 18.3 Å². The van der Waals surface area contributed by atoms with E-state index in [1.807, 2.05) is 25.1 Å². The van der Waals surface area contributed by atoms with E-state index >= 15 is 0 Å². The number of aromatic nitrogens is 3. The number of rotatable bonds is 5. The monoisotopic (exact) mass is 328 g/mol. The first-order chi connectivity index (χ1) is 11.6. The maximum Gasteiger partial charge on any atom is 0.319 e. The average Bonchev–Trinajstić information content (AvgIpc) is 3.22. The van der Waals surface area contributed by atoms with Gasteiger partial charge < -0.3 is 15.5 Å². The number of anilines is 1. The van der Waals surface area contributed by atoms with E-state index < -0.39 is 0 Å². The first kappa shape index (κ1) is 16.4. The molecule has 2 aromatic rings. The second kappa shape index (κ2) is 7.44. The second-order valence-electron chi connectivity index (χ2n) is 6.31. The normalized spacial score (nSPS) is 17.8. The zero-order chi connectivity index (χ0) is 16.9. The summed E-state index contributed by atoms with van der Waals surface area (Å²) in [7, 11) is 2.15. The predicted octanol–water partition coefficient (Wildman–Crippen LogP) is 2.18. The van der Waals surface area contributed by atoms with E-state index in [-0.39, 0.29) is 6.03 Å². The third kappa shape index (κ3) is 3.91. The summed E-state index contributed by atoms with van der Waals surface area (Å²) in [4.78, 5) is 14.5. The summed E-state index contributed by atoms with van der Waals surface area (Å²) in [5, 5.41) is 13.5. The third-order valence-electron chi connectivity index (χ3n) is 4.62. The van der Waals surface area contributed by atoms with Crippen molar-refractivity contribution in [1.82, 2.24) is 25.0 Å². The highest BCUT2D eigenvalue weighted by Crippen LogP contribution is 2.19. The predicted molar refractivity (Wildman–Crippen MR) is 93.4 cm³/mol. The van der Waals surface area contributed by atoms with Gasteiger partial charge in [-0.25, -0.2) is 4.79 Å². The van der Waals surface area contributed by atoms with Crippen LogP contribution in [0.5, 0.6) is 0 Å². The van der Waals surface area contributed by atoms with E-state index in [9.17, 15) is 4.79 Å². The molecule has 1 aromatic heterocycles. The highest BCUT2D eigenvalue weighted by molar-refractivity contribution is 5.90. The number of nitrogens with one attached hydrogen (secondary N) is 2. The Kier molecular flexibility index (Phi) is 5.10. The van der Waals surface area contributed by atoms with Crippen molar-refractivity contribution in [2.24, 2.45) is 0 Å². The van der Waals surface area contributed by atoms with E-state index in [0.29, 0.717) is 12.6 Å². The fraction of sp³-hybridized carbons (Fsp3) is 0.471. The van der Waals surface area contributed by atoms with E-state index in [0.717, 1.165) is 29.9 Å². The number of nitrogens with zero attached hydrogens (tertiary/aromatic N) is 4. The van der Waals surface area contributed by atoms with Crippen LogP contribution in [0.25, 0.3) is 5.69 Å². The van der Waals surface area contributed by atoms with Crippen molar-refractivity contribution >= 4 is 11.7 Å². The number of hydrogen-bond acceptors (Lipinski definition) is 4. The first-order valence-corrected chi connectivity index (χ1v) is 8.34. The van der Waals surface area contributed by atoms with Crippen LogP contribution in [-0.2, 0) is 0 Å². The van der Waals surface area contributed by atoms with Gasteiger partial charge in [-0.2, -0.15) is 0 Å². The van der Waals surface area contributed by atoms with Gasteiger partial charge in [-0.1, -0.05) is 6.07 Å². The van der Waals surface area contributed by atoms with Crippen LogP contribution in [0.15, 0.2) is 30.9 Å². The first-order valence-electron chi connectivity index (χ1n) is 8.34. The van der Waals surface area contributed by atoms with Crippen LogP contribution in [0.2, 0.25) is 0 Å². The summed E-state index contributed by atoms with van der Waals surface area (Å²) in [5.41, 5.74) is 2.71. The summed E-state index contributed by atoms with van der Waals surface area (Å²) < 4.78 is 1.80. The minimum Gasteiger partial charge on any atom is -0.338 e. The molecule has 1 aromatic carbocycles. The van der Waals surface area contributed by atoms with Crippen LogP contribution < -0.4 is 10.6 Å². The van der Waals surface area contributed by atoms with Gasteiger partial charge >= 0.3 is 6.03 Å². The molecular formula is C17H24N6O. The van der Waals surface area contributed by atoms with Gasteiger partial charge in [-0.05, 0) is 57.5 Å². The molecule has 2 heterocycles. The Bertz CT molecular complexity index is 684. The molecule has 1 aliphatic rings. The SMILES string of the molecule is Cc1ccc(-n2cnnc2)cc1NC(=O)NCC[C@H]1CCCN1C. The molecule has 0 radical (unpaired) electrons. The zero-order valence-electron chi connectivity index (χ0n) is 14.2. The number of urea groups is 1. The molecule has 0 aliphatic carbocycles. The van der Waals surface area contributed by atoms with E-state index in [1.54, 1.807) is 17.2 Å². The van der Waals surface area contributed by atoms with Gasteiger partial charge in [0.2, 0.25) is 0 Å². The molecule has 2 N–H and O–H groups in total. The number of aryl methyl sites for hydroxylation is 1. The minimum atomic E-state index is -0.167. The van der Waals surface area contributed by atoms with Gasteiger partial charge in [-0.3, -0.25) is 4.57 Å². The molecule has 0 spiro atoms. The van der Waals surface area contributed by atoms with E-state index in [1.165, 1.54) is 12.8 Å². The van der Waals surface area contributed by atoms with Crippen LogP contribution >= 0.6 is 0 Å². The molecule has 1 saturated heterocycles. The third-order valence-corrected chi connectivity index (χ3v) is 4.62. The van der Waals surface area contributed by atoms with Gasteiger partial charge in [0.1, 0.15) is 12.7 Å². The summed E-state index contributed by atoms with van der Waals surface area (Å²) in [6.45, 7) is 3.82. The minimum absolute atomic E-state index is 0.167. The second-order valence-corrected chi connectivity index (χ2v) is 6.31. The molecule has 128 valence electrons. The molecule has 1 atom stereocenters. The smallest absolute Gasteiger partial charge is 0.319 e. The molecular weight excluding hydrogens is 304 g/mol. The van der Waals surface area contributed by atoms with Crippen molar-refractivity contribution in [2.45, 2.75) is 32.2 Å². The van der Waals surface area contributed by atoms with Crippen LogP contribution in [0.4, 0.5) is 10.5 Å². The maximum atomic E-state index is 12.2. The molecule has 3 rings (SSSR count). The Morgan fingerprint density at radius 3 is 2.83 bits per heavy atom. The number of carbonyl (C=O) groups is 1. The maximum absolute atomic E-state index is 12.2. The molecule has 7 heteroatoms. The van der Waals surface area contributed by atoms with Crippen molar-refractivity contribution in [3.05, 3.63) is 36.4 Å². The largest absolute Gasteiger partial charge is 0.338 e. The zero-order valence-corrected chi connectivity index (χ0v) is 14.2. The number of likely N-dealkylation sites (tertiary alicyclic amines) is 1. The summed E-state index contributed by atoms with van der Waals surface area (Å²) >= 11 is 0. The Morgan fingerprint density at radius 1 is 1.33 bits per heavy atom. The highest BCUT2D eigenvalue weighted by Gasteiger charge is 2.20. The lowest BCUT2D eigenvalue weighted by Gasteiger charge is -2.19. The molecule has 1 fully saturated rings. The molecule has 0 unspecified atom stereocenters. The summed E-state index contributed by atoms with van der Waals surface area (Å²) in [6.07, 6.45) is 6.73. The fourth-order valence-electron chi connectivity index (χ4n) is 3.10. The Morgan fingerprint density at radius 2 is 2.12 bits per heavy atom. The van der Waals surface area contributed by atoms with Crippen molar-refractivity contribution in [1.29, 1.82) is 0 Å². The number of amides is 2. The van der Waals surface area contributed by atoms with Crippen molar-refractivity contribution in [2.75, 3.05) is 25.5 Å². The van der Waals surface area contributed by atoms with Gasteiger partial charge in [0.25, 0.3) is 0 Å². The lowest BCUT2D eigenvalue weighted by Crippen LogP contribution is -2.34. The molecule has 0 saturated carbocycles. The van der Waals surface area contributed by atoms with Gasteiger partial charge in [0.05, 0.1) is 5.69 Å². The molecule has 24 heavy (non-hydrogen) atoms. The molecule has 2 amide bonds. The van der Waals surface area contributed by atoms with E-state index in [4.69, 9.17) is 0 Å². The number of benzene rings is 1. The summed E-state index contributed by atoms with van der Waals surface area (Å²) in [6, 6.07) is 6.28. The van der Waals surface area contributed by atoms with Gasteiger partial charge in [-0.15, -0.1) is 10.2 Å². The topological polar surface area (TPSA) is 75.1 Å². The molecule has 0 bridgehead atoms. The number of carbonyl (C=O) groups excluding carboxylic acids is 1. The highest BCUT2D eigenvalue weighted by atomic mass is 16.2. The quantitative estimate of drug-likeness (QED) is 0.882. The van der Waals surface area contributed by atoms with Crippen LogP contribution in [-0.4, -0.2) is 51.9 Å². The Balaban J connectivity index is 1.55. The Labute approximate surface area is 142 Å². The molecule has 1 aliphatic heterocycles. The number of hydrogen-bond donors (Lipinski definition) is 2. The lowest BCUT2D eigenvalue weighted by molar-refractivity contribution is 0.248. The standard InChI is InChI=1S/C17H24N6O/c1-13-5-6-15(23-11-19-20-12-23)10-16(13)21-17(24)18-8-7-14-4-3-9-22(14)2/h5-6,10-12,14H,3-4,7-9H2,1-2H3,(H2,18,21,24)/t14-/m1/s1. The Hall–Kier alpha value is -2.41. The van der Waals surface area contributed by atoms with Crippen molar-refractivity contribution in [3.63, 3.8) is 0 Å². The average molecular weight is 328 g/mol. The van der Waals surface area contributed by atoms with E-state index in [2.05, 4.69) is 32.8 Å². The van der Waals surface area contributed by atoms with Crippen LogP contribution in [0.1, 0.15) is 24.8 Å². The fourth-order valence-corrected chi connectivity index (χ4v) is 3.10. The lowest BCUT2D eigenvalue weighted by atomic mass is 10.1. The van der Waals surface area contributed by atoms with Crippen molar-refractivity contribution < 1.29 is 4.79 Å². The molecule has 7 nitrogen and oxygen atoms in total.